The summed E-state index contributed by atoms with van der Waals surface area (Å²) < 4.78 is 0. The summed E-state index contributed by atoms with van der Waals surface area (Å²) in [6, 6.07) is 7.45. The topological polar surface area (TPSA) is 66.9 Å². The monoisotopic (exact) mass is 296 g/mol. The van der Waals surface area contributed by atoms with Crippen LogP contribution in [0.1, 0.15) is 6.92 Å². The average molecular weight is 297 g/mol. The van der Waals surface area contributed by atoms with Gasteiger partial charge in [0.05, 0.1) is 11.6 Å². The molecule has 1 aromatic heterocycles. The number of amides is 1. The summed E-state index contributed by atoms with van der Waals surface area (Å²) in [7, 11) is 0. The molecule has 0 spiro atoms. The van der Waals surface area contributed by atoms with Crippen LogP contribution < -0.4 is 10.6 Å². The SMILES string of the molecule is CCNC(=O)CNc1nnc(-c2ccccc2Cl)s1. The predicted octanol–water partition coefficient (Wildman–Crippen LogP) is 2.41. The molecule has 0 unspecified atom stereocenters. The molecule has 2 aromatic rings. The molecular formula is C12H13ClN4OS. The molecule has 0 atom stereocenters. The van der Waals surface area contributed by atoms with Gasteiger partial charge in [0.15, 0.2) is 5.01 Å². The van der Waals surface area contributed by atoms with Gasteiger partial charge in [0, 0.05) is 12.1 Å². The van der Waals surface area contributed by atoms with Gasteiger partial charge in [0.2, 0.25) is 11.0 Å². The van der Waals surface area contributed by atoms with E-state index in [9.17, 15) is 4.79 Å². The smallest absolute Gasteiger partial charge is 0.239 e. The third-order valence-corrected chi connectivity index (χ3v) is 3.55. The van der Waals surface area contributed by atoms with E-state index in [4.69, 9.17) is 11.6 Å². The van der Waals surface area contributed by atoms with Crippen LogP contribution in [0.25, 0.3) is 10.6 Å². The fourth-order valence-corrected chi connectivity index (χ4v) is 2.51. The van der Waals surface area contributed by atoms with E-state index in [1.165, 1.54) is 11.3 Å². The molecule has 0 fully saturated rings. The van der Waals surface area contributed by atoms with Crippen molar-refractivity contribution in [2.75, 3.05) is 18.4 Å². The van der Waals surface area contributed by atoms with Gasteiger partial charge in [0.1, 0.15) is 0 Å². The van der Waals surface area contributed by atoms with Crippen molar-refractivity contribution in [3.63, 3.8) is 0 Å². The largest absolute Gasteiger partial charge is 0.355 e. The first kappa shape index (κ1) is 13.8. The molecule has 19 heavy (non-hydrogen) atoms. The van der Waals surface area contributed by atoms with Crippen molar-refractivity contribution in [3.8, 4) is 10.6 Å². The van der Waals surface area contributed by atoms with E-state index in [2.05, 4.69) is 20.8 Å². The van der Waals surface area contributed by atoms with Crippen molar-refractivity contribution in [3.05, 3.63) is 29.3 Å². The first-order chi connectivity index (χ1) is 9.20. The Morgan fingerprint density at radius 1 is 1.37 bits per heavy atom. The van der Waals surface area contributed by atoms with Gasteiger partial charge in [-0.1, -0.05) is 41.1 Å². The second kappa shape index (κ2) is 6.49. The molecule has 0 bridgehead atoms. The zero-order valence-electron chi connectivity index (χ0n) is 10.3. The summed E-state index contributed by atoms with van der Waals surface area (Å²) in [6.45, 7) is 2.67. The van der Waals surface area contributed by atoms with Crippen molar-refractivity contribution >= 4 is 34.0 Å². The maximum Gasteiger partial charge on any atom is 0.239 e. The zero-order valence-corrected chi connectivity index (χ0v) is 11.9. The van der Waals surface area contributed by atoms with Crippen molar-refractivity contribution < 1.29 is 4.79 Å². The highest BCUT2D eigenvalue weighted by Crippen LogP contribution is 2.31. The van der Waals surface area contributed by atoms with Crippen LogP contribution in [-0.2, 0) is 4.79 Å². The quantitative estimate of drug-likeness (QED) is 0.889. The summed E-state index contributed by atoms with van der Waals surface area (Å²) >= 11 is 7.45. The molecular weight excluding hydrogens is 284 g/mol. The lowest BCUT2D eigenvalue weighted by Gasteiger charge is -2.01. The number of nitrogens with one attached hydrogen (secondary N) is 2. The second-order valence-electron chi connectivity index (χ2n) is 3.70. The molecule has 0 aliphatic rings. The normalized spacial score (nSPS) is 10.2. The van der Waals surface area contributed by atoms with E-state index >= 15 is 0 Å². The van der Waals surface area contributed by atoms with Gasteiger partial charge >= 0.3 is 0 Å². The van der Waals surface area contributed by atoms with E-state index < -0.39 is 0 Å². The fraction of sp³-hybridized carbons (Fsp3) is 0.250. The Labute approximate surface area is 120 Å². The van der Waals surface area contributed by atoms with Gasteiger partial charge in [-0.25, -0.2) is 0 Å². The number of carbonyl (C=O) groups excluding carboxylic acids is 1. The maximum atomic E-state index is 11.3. The van der Waals surface area contributed by atoms with E-state index in [0.29, 0.717) is 16.7 Å². The molecule has 0 aliphatic carbocycles. The molecule has 0 aliphatic heterocycles. The first-order valence-corrected chi connectivity index (χ1v) is 6.99. The molecule has 1 heterocycles. The van der Waals surface area contributed by atoms with Crippen LogP contribution >= 0.6 is 22.9 Å². The Balaban J connectivity index is 2.04. The highest BCUT2D eigenvalue weighted by Gasteiger charge is 2.10. The average Bonchev–Trinajstić information content (AvgIpc) is 2.86. The number of rotatable bonds is 5. The molecule has 1 aromatic carbocycles. The number of aromatic nitrogens is 2. The third-order valence-electron chi connectivity index (χ3n) is 2.30. The number of likely N-dealkylation sites (N-methyl/N-ethyl adjacent to an activating group) is 1. The number of benzene rings is 1. The van der Waals surface area contributed by atoms with Gasteiger partial charge in [-0.05, 0) is 13.0 Å². The number of hydrogen-bond acceptors (Lipinski definition) is 5. The lowest BCUT2D eigenvalue weighted by atomic mass is 10.2. The molecule has 2 N–H and O–H groups in total. The highest BCUT2D eigenvalue weighted by molar-refractivity contribution is 7.18. The Bertz CT molecular complexity index is 572. The summed E-state index contributed by atoms with van der Waals surface area (Å²) in [4.78, 5) is 11.3. The predicted molar refractivity (Wildman–Crippen MR) is 77.5 cm³/mol. The Morgan fingerprint density at radius 2 is 2.16 bits per heavy atom. The van der Waals surface area contributed by atoms with Gasteiger partial charge in [0.25, 0.3) is 0 Å². The van der Waals surface area contributed by atoms with Crippen LogP contribution in [0.3, 0.4) is 0 Å². The van der Waals surface area contributed by atoms with Gasteiger partial charge in [-0.2, -0.15) is 0 Å². The highest BCUT2D eigenvalue weighted by atomic mass is 35.5. The summed E-state index contributed by atoms with van der Waals surface area (Å²) in [5.74, 6) is -0.0722. The van der Waals surface area contributed by atoms with Crippen molar-refractivity contribution in [1.82, 2.24) is 15.5 Å². The fourth-order valence-electron chi connectivity index (χ4n) is 1.45. The summed E-state index contributed by atoms with van der Waals surface area (Å²) in [5, 5.41) is 15.6. The van der Waals surface area contributed by atoms with Crippen molar-refractivity contribution in [2.24, 2.45) is 0 Å². The van der Waals surface area contributed by atoms with Crippen LogP contribution in [0.4, 0.5) is 5.13 Å². The van der Waals surface area contributed by atoms with Crippen LogP contribution in [0.2, 0.25) is 5.02 Å². The number of nitrogens with zero attached hydrogens (tertiary/aromatic N) is 2. The molecule has 0 saturated carbocycles. The Kier molecular flexibility index (Phi) is 4.70. The summed E-state index contributed by atoms with van der Waals surface area (Å²) in [5.41, 5.74) is 0.840. The van der Waals surface area contributed by atoms with Crippen LogP contribution in [0, 0.1) is 0 Å². The third kappa shape index (κ3) is 3.65. The van der Waals surface area contributed by atoms with Gasteiger partial charge in [-0.15, -0.1) is 10.2 Å². The van der Waals surface area contributed by atoms with Crippen LogP contribution in [-0.4, -0.2) is 29.2 Å². The van der Waals surface area contributed by atoms with Crippen molar-refractivity contribution in [1.29, 1.82) is 0 Å². The standard InChI is InChI=1S/C12H13ClN4OS/c1-2-14-10(18)7-15-12-17-16-11(19-12)8-5-3-4-6-9(8)13/h3-6H,2,7H2,1H3,(H,14,18)(H,15,17). The molecule has 1 amide bonds. The Hall–Kier alpha value is -1.66. The van der Waals surface area contributed by atoms with E-state index in [1.54, 1.807) is 6.07 Å². The molecule has 5 nitrogen and oxygen atoms in total. The maximum absolute atomic E-state index is 11.3. The summed E-state index contributed by atoms with van der Waals surface area (Å²) in [6.07, 6.45) is 0. The lowest BCUT2D eigenvalue weighted by molar-refractivity contribution is -0.119. The minimum Gasteiger partial charge on any atom is -0.355 e. The van der Waals surface area contributed by atoms with E-state index in [0.717, 1.165) is 10.6 Å². The number of hydrogen-bond donors (Lipinski definition) is 2. The lowest BCUT2D eigenvalue weighted by Crippen LogP contribution is -2.29. The zero-order chi connectivity index (χ0) is 13.7. The van der Waals surface area contributed by atoms with E-state index in [1.807, 2.05) is 25.1 Å². The minimum absolute atomic E-state index is 0.0722. The first-order valence-electron chi connectivity index (χ1n) is 5.79. The molecule has 2 rings (SSSR count). The molecule has 100 valence electrons. The molecule has 0 radical (unpaired) electrons. The van der Waals surface area contributed by atoms with Crippen LogP contribution in [0.5, 0.6) is 0 Å². The molecule has 7 heteroatoms. The van der Waals surface area contributed by atoms with Crippen LogP contribution in [0.15, 0.2) is 24.3 Å². The van der Waals surface area contributed by atoms with Gasteiger partial charge < -0.3 is 10.6 Å². The van der Waals surface area contributed by atoms with E-state index in [-0.39, 0.29) is 12.5 Å². The number of halogens is 1. The Morgan fingerprint density at radius 3 is 2.89 bits per heavy atom. The molecule has 0 saturated heterocycles. The van der Waals surface area contributed by atoms with Crippen molar-refractivity contribution in [2.45, 2.75) is 6.92 Å². The second-order valence-corrected chi connectivity index (χ2v) is 5.08. The number of anilines is 1. The van der Waals surface area contributed by atoms with Gasteiger partial charge in [-0.3, -0.25) is 4.79 Å². The minimum atomic E-state index is -0.0722. The number of carbonyl (C=O) groups is 1.